The van der Waals surface area contributed by atoms with Gasteiger partial charge >= 0.3 is 0 Å². The van der Waals surface area contributed by atoms with Gasteiger partial charge in [-0.05, 0) is 24.1 Å². The molecular formula is C16H17BrN6. The number of hydrogen-bond donors (Lipinski definition) is 2. The summed E-state index contributed by atoms with van der Waals surface area (Å²) in [6.45, 7) is 5.35. The van der Waals surface area contributed by atoms with Gasteiger partial charge in [-0.3, -0.25) is 0 Å². The molecule has 3 N–H and O–H groups in total. The summed E-state index contributed by atoms with van der Waals surface area (Å²) < 4.78 is 1.05. The second kappa shape index (κ2) is 4.92. The molecule has 0 radical (unpaired) electrons. The molecule has 0 fully saturated rings. The van der Waals surface area contributed by atoms with E-state index >= 15 is 0 Å². The van der Waals surface area contributed by atoms with Gasteiger partial charge in [0.05, 0.1) is 6.33 Å². The molecule has 23 heavy (non-hydrogen) atoms. The van der Waals surface area contributed by atoms with E-state index in [9.17, 15) is 0 Å². The minimum atomic E-state index is 0.0715. The maximum Gasteiger partial charge on any atom is 0.224 e. The first-order valence-corrected chi connectivity index (χ1v) is 8.35. The van der Waals surface area contributed by atoms with Crippen LogP contribution in [-0.4, -0.2) is 26.5 Å². The Morgan fingerprint density at radius 3 is 3.00 bits per heavy atom. The number of imidazole rings is 1. The highest BCUT2D eigenvalue weighted by Crippen LogP contribution is 2.47. The molecule has 1 aromatic carbocycles. The smallest absolute Gasteiger partial charge is 0.224 e. The van der Waals surface area contributed by atoms with Crippen LogP contribution in [0.3, 0.4) is 0 Å². The Morgan fingerprint density at radius 2 is 2.22 bits per heavy atom. The Kier molecular flexibility index (Phi) is 3.09. The number of fused-ring (bicyclic) bond motifs is 2. The number of rotatable bonds is 2. The molecule has 1 unspecified atom stereocenters. The summed E-state index contributed by atoms with van der Waals surface area (Å²) >= 11 is 3.58. The zero-order valence-electron chi connectivity index (χ0n) is 13.0. The van der Waals surface area contributed by atoms with Gasteiger partial charge in [-0.1, -0.05) is 35.8 Å². The van der Waals surface area contributed by atoms with E-state index in [1.165, 1.54) is 5.56 Å². The fraction of sp³-hybridized carbons (Fsp3) is 0.312. The molecule has 0 spiro atoms. The maximum absolute atomic E-state index is 5.89. The van der Waals surface area contributed by atoms with Crippen LogP contribution < -0.4 is 10.6 Å². The van der Waals surface area contributed by atoms with Crippen molar-refractivity contribution >= 4 is 44.5 Å². The van der Waals surface area contributed by atoms with E-state index < -0.39 is 0 Å². The van der Waals surface area contributed by atoms with E-state index in [1.54, 1.807) is 6.33 Å². The number of nitrogens with one attached hydrogen (secondary N) is 1. The fourth-order valence-electron chi connectivity index (χ4n) is 3.28. The van der Waals surface area contributed by atoms with E-state index in [-0.39, 0.29) is 11.4 Å². The molecule has 3 aromatic rings. The van der Waals surface area contributed by atoms with Crippen LogP contribution in [0.5, 0.6) is 0 Å². The fourth-order valence-corrected chi connectivity index (χ4v) is 3.63. The number of benzene rings is 1. The average molecular weight is 373 g/mol. The van der Waals surface area contributed by atoms with Gasteiger partial charge < -0.3 is 15.6 Å². The second-order valence-electron chi connectivity index (χ2n) is 6.17. The van der Waals surface area contributed by atoms with Crippen LogP contribution in [-0.2, 0) is 5.41 Å². The largest absolute Gasteiger partial charge is 0.368 e. The van der Waals surface area contributed by atoms with Gasteiger partial charge in [-0.25, -0.2) is 4.98 Å². The van der Waals surface area contributed by atoms with Gasteiger partial charge in [-0.15, -0.1) is 0 Å². The van der Waals surface area contributed by atoms with Crippen LogP contribution in [0.4, 0.5) is 17.5 Å². The van der Waals surface area contributed by atoms with Gasteiger partial charge in [-0.2, -0.15) is 9.97 Å². The SMILES string of the molecule is CCC1(C)CN(c2nc(N)nc3nc[nH]c23)c2cc(Br)ccc21. The lowest BCUT2D eigenvalue weighted by atomic mass is 9.82. The maximum atomic E-state index is 5.89. The number of halogens is 1. The van der Waals surface area contributed by atoms with Crippen molar-refractivity contribution in [1.82, 2.24) is 19.9 Å². The predicted molar refractivity (Wildman–Crippen MR) is 94.9 cm³/mol. The van der Waals surface area contributed by atoms with Crippen molar-refractivity contribution in [3.05, 3.63) is 34.6 Å². The molecule has 2 aromatic heterocycles. The number of anilines is 3. The second-order valence-corrected chi connectivity index (χ2v) is 7.08. The first kappa shape index (κ1) is 14.4. The Hall–Kier alpha value is -2.15. The molecule has 6 nitrogen and oxygen atoms in total. The minimum Gasteiger partial charge on any atom is -0.368 e. The monoisotopic (exact) mass is 372 g/mol. The number of nitrogens with zero attached hydrogens (tertiary/aromatic N) is 4. The molecule has 1 aliphatic heterocycles. The predicted octanol–water partition coefficient (Wildman–Crippen LogP) is 3.52. The van der Waals surface area contributed by atoms with Crippen LogP contribution in [0.1, 0.15) is 25.8 Å². The zero-order chi connectivity index (χ0) is 16.2. The molecule has 0 saturated carbocycles. The summed E-state index contributed by atoms with van der Waals surface area (Å²) in [5.74, 6) is 1.02. The molecule has 1 atom stereocenters. The van der Waals surface area contributed by atoms with Crippen LogP contribution in [0.15, 0.2) is 29.0 Å². The van der Waals surface area contributed by atoms with Crippen molar-refractivity contribution in [2.45, 2.75) is 25.7 Å². The number of aromatic nitrogens is 4. The molecule has 3 heterocycles. The van der Waals surface area contributed by atoms with Crippen molar-refractivity contribution in [3.8, 4) is 0 Å². The Bertz CT molecular complexity index is 905. The highest BCUT2D eigenvalue weighted by atomic mass is 79.9. The van der Waals surface area contributed by atoms with Crippen LogP contribution in [0.2, 0.25) is 0 Å². The number of hydrogen-bond acceptors (Lipinski definition) is 5. The lowest BCUT2D eigenvalue weighted by Crippen LogP contribution is -2.28. The van der Waals surface area contributed by atoms with Crippen molar-refractivity contribution in [2.24, 2.45) is 0 Å². The van der Waals surface area contributed by atoms with Gasteiger partial charge in [0.1, 0.15) is 5.52 Å². The minimum absolute atomic E-state index is 0.0715. The Morgan fingerprint density at radius 1 is 1.39 bits per heavy atom. The number of aromatic amines is 1. The van der Waals surface area contributed by atoms with E-state index in [4.69, 9.17) is 5.73 Å². The lowest BCUT2D eigenvalue weighted by Gasteiger charge is -2.24. The first-order valence-electron chi connectivity index (χ1n) is 7.56. The van der Waals surface area contributed by atoms with Crippen LogP contribution in [0, 0.1) is 0 Å². The Balaban J connectivity index is 1.96. The first-order chi connectivity index (χ1) is 11.0. The summed E-state index contributed by atoms with van der Waals surface area (Å²) in [5, 5.41) is 0. The third-order valence-electron chi connectivity index (χ3n) is 4.73. The zero-order valence-corrected chi connectivity index (χ0v) is 14.6. The van der Waals surface area contributed by atoms with E-state index in [0.717, 1.165) is 34.5 Å². The molecule has 7 heteroatoms. The number of nitrogen functional groups attached to an aromatic ring is 1. The third kappa shape index (κ3) is 2.10. The quantitative estimate of drug-likeness (QED) is 0.718. The number of nitrogens with two attached hydrogens (primary N) is 1. The summed E-state index contributed by atoms with van der Waals surface area (Å²) in [6.07, 6.45) is 2.67. The molecule has 0 bridgehead atoms. The molecule has 118 valence electrons. The van der Waals surface area contributed by atoms with Gasteiger partial charge in [0.2, 0.25) is 5.95 Å². The van der Waals surface area contributed by atoms with E-state index in [0.29, 0.717) is 5.65 Å². The highest BCUT2D eigenvalue weighted by molar-refractivity contribution is 9.10. The molecule has 0 saturated heterocycles. The highest BCUT2D eigenvalue weighted by Gasteiger charge is 2.39. The molecule has 4 rings (SSSR count). The van der Waals surface area contributed by atoms with E-state index in [1.807, 2.05) is 0 Å². The summed E-state index contributed by atoms with van der Waals surface area (Å²) in [5.41, 5.74) is 9.84. The summed E-state index contributed by atoms with van der Waals surface area (Å²) in [4.78, 5) is 18.2. The standard InChI is InChI=1S/C16H17BrN6/c1-3-16(2)7-23(11-6-9(17)4-5-10(11)16)14-12-13(20-8-19-12)21-15(18)22-14/h4-6,8H,3,7H2,1-2H3,(H3,18,19,20,21,22). The van der Waals surface area contributed by atoms with Crippen molar-refractivity contribution in [1.29, 1.82) is 0 Å². The van der Waals surface area contributed by atoms with Gasteiger partial charge in [0, 0.05) is 22.1 Å². The Labute approximate surface area is 142 Å². The summed E-state index contributed by atoms with van der Waals surface area (Å²) in [6, 6.07) is 6.42. The van der Waals surface area contributed by atoms with Gasteiger partial charge in [0.25, 0.3) is 0 Å². The topological polar surface area (TPSA) is 83.7 Å². The molecule has 1 aliphatic rings. The summed E-state index contributed by atoms with van der Waals surface area (Å²) in [7, 11) is 0. The third-order valence-corrected chi connectivity index (χ3v) is 5.22. The van der Waals surface area contributed by atoms with Crippen molar-refractivity contribution in [2.75, 3.05) is 17.2 Å². The van der Waals surface area contributed by atoms with Crippen LogP contribution >= 0.6 is 15.9 Å². The van der Waals surface area contributed by atoms with Crippen LogP contribution in [0.25, 0.3) is 11.2 Å². The molecular weight excluding hydrogens is 356 g/mol. The average Bonchev–Trinajstić information content (AvgIpc) is 3.10. The molecule has 0 aliphatic carbocycles. The van der Waals surface area contributed by atoms with Gasteiger partial charge in [0.15, 0.2) is 11.5 Å². The van der Waals surface area contributed by atoms with E-state index in [2.05, 4.69) is 72.8 Å². The number of H-pyrrole nitrogens is 1. The van der Waals surface area contributed by atoms with Crippen molar-refractivity contribution < 1.29 is 0 Å². The van der Waals surface area contributed by atoms with Crippen molar-refractivity contribution in [3.63, 3.8) is 0 Å². The molecule has 0 amide bonds. The normalized spacial score (nSPS) is 20.2. The lowest BCUT2D eigenvalue weighted by molar-refractivity contribution is 0.491.